The third-order valence-corrected chi connectivity index (χ3v) is 4.39. The molecule has 0 saturated carbocycles. The van der Waals surface area contributed by atoms with Gasteiger partial charge in [-0.2, -0.15) is 0 Å². The van der Waals surface area contributed by atoms with Gasteiger partial charge in [-0.1, -0.05) is 35.9 Å². The monoisotopic (exact) mass is 274 g/mol. The minimum atomic E-state index is 1.15. The van der Waals surface area contributed by atoms with E-state index in [-0.39, 0.29) is 0 Å². The topological polar surface area (TPSA) is 15.6 Å². The highest BCUT2D eigenvalue weighted by molar-refractivity contribution is 8.14. The normalized spacial score (nSPS) is 17.6. The van der Waals surface area contributed by atoms with Gasteiger partial charge in [0, 0.05) is 25.7 Å². The Balaban J connectivity index is 2.43. The van der Waals surface area contributed by atoms with Crippen LogP contribution >= 0.6 is 11.8 Å². The maximum absolute atomic E-state index is 4.49. The summed E-state index contributed by atoms with van der Waals surface area (Å²) in [6.07, 6.45) is 4.42. The van der Waals surface area contributed by atoms with E-state index >= 15 is 0 Å². The van der Waals surface area contributed by atoms with Crippen molar-refractivity contribution in [1.82, 2.24) is 4.90 Å². The van der Waals surface area contributed by atoms with Crippen LogP contribution in [0.3, 0.4) is 0 Å². The number of hydrogen-bond donors (Lipinski definition) is 0. The van der Waals surface area contributed by atoms with Crippen LogP contribution in [0.2, 0.25) is 0 Å². The van der Waals surface area contributed by atoms with Crippen LogP contribution in [0.15, 0.2) is 40.9 Å². The number of likely N-dealkylation sites (tertiary alicyclic amines) is 1. The van der Waals surface area contributed by atoms with Gasteiger partial charge in [0.2, 0.25) is 0 Å². The van der Waals surface area contributed by atoms with Gasteiger partial charge in [-0.15, -0.1) is 11.8 Å². The molecule has 3 heteroatoms. The summed E-state index contributed by atoms with van der Waals surface area (Å²) >= 11 is 1.75. The van der Waals surface area contributed by atoms with Gasteiger partial charge in [0.25, 0.3) is 0 Å². The Hall–Kier alpha value is -1.06. The SMILES string of the molecule is CN=C(SC)C(=C1CCN(C)CC1)c1ccccc1. The van der Waals surface area contributed by atoms with E-state index in [1.807, 2.05) is 7.05 Å². The second-order valence-electron chi connectivity index (χ2n) is 4.88. The second-order valence-corrected chi connectivity index (χ2v) is 5.68. The standard InChI is InChI=1S/C16H22N2S/c1-17-16(19-3)15(13-7-5-4-6-8-13)14-9-11-18(2)12-10-14/h4-8H,9-12H2,1-3H3. The van der Waals surface area contributed by atoms with Crippen molar-refractivity contribution in [2.75, 3.05) is 33.4 Å². The zero-order chi connectivity index (χ0) is 13.7. The van der Waals surface area contributed by atoms with Gasteiger partial charge in [0.05, 0.1) is 5.04 Å². The van der Waals surface area contributed by atoms with Crippen molar-refractivity contribution >= 4 is 22.4 Å². The highest BCUT2D eigenvalue weighted by Gasteiger charge is 2.18. The summed E-state index contributed by atoms with van der Waals surface area (Å²) in [7, 11) is 4.09. The van der Waals surface area contributed by atoms with Gasteiger partial charge in [0.15, 0.2) is 0 Å². The molecule has 2 nitrogen and oxygen atoms in total. The number of aliphatic imine (C=N–C) groups is 1. The molecule has 0 bridgehead atoms. The number of nitrogens with zero attached hydrogens (tertiary/aromatic N) is 2. The fourth-order valence-corrected chi connectivity index (χ4v) is 3.18. The molecule has 0 atom stereocenters. The molecule has 0 amide bonds. The highest BCUT2D eigenvalue weighted by atomic mass is 32.2. The molecule has 19 heavy (non-hydrogen) atoms. The van der Waals surface area contributed by atoms with Gasteiger partial charge in [-0.05, 0) is 31.7 Å². The van der Waals surface area contributed by atoms with Crippen LogP contribution < -0.4 is 0 Å². The molecule has 0 N–H and O–H groups in total. The molecule has 0 aromatic heterocycles. The van der Waals surface area contributed by atoms with Crippen LogP contribution in [0, 0.1) is 0 Å². The molecule has 0 spiro atoms. The van der Waals surface area contributed by atoms with E-state index in [9.17, 15) is 0 Å². The van der Waals surface area contributed by atoms with Crippen molar-refractivity contribution < 1.29 is 0 Å². The molecule has 1 aliphatic heterocycles. The van der Waals surface area contributed by atoms with Crippen molar-refractivity contribution in [2.45, 2.75) is 12.8 Å². The zero-order valence-corrected chi connectivity index (χ0v) is 12.8. The summed E-state index contributed by atoms with van der Waals surface area (Å²) in [6.45, 7) is 2.30. The fourth-order valence-electron chi connectivity index (χ4n) is 2.53. The molecular weight excluding hydrogens is 252 g/mol. The lowest BCUT2D eigenvalue weighted by molar-refractivity contribution is 0.313. The van der Waals surface area contributed by atoms with E-state index in [4.69, 9.17) is 0 Å². The second kappa shape index (κ2) is 6.92. The van der Waals surface area contributed by atoms with Crippen LogP contribution in [-0.4, -0.2) is 43.4 Å². The first kappa shape index (κ1) is 14.4. The Labute approximate surface area is 120 Å². The third-order valence-electron chi connectivity index (χ3n) is 3.62. The van der Waals surface area contributed by atoms with E-state index in [0.29, 0.717) is 0 Å². The summed E-state index contributed by atoms with van der Waals surface area (Å²) in [5.74, 6) is 0. The molecule has 0 aliphatic carbocycles. The first-order valence-electron chi connectivity index (χ1n) is 6.73. The number of rotatable bonds is 2. The Morgan fingerprint density at radius 2 is 1.79 bits per heavy atom. The van der Waals surface area contributed by atoms with Gasteiger partial charge in [-0.3, -0.25) is 4.99 Å². The summed E-state index contributed by atoms with van der Waals surface area (Å²) < 4.78 is 0. The molecule has 0 unspecified atom stereocenters. The van der Waals surface area contributed by atoms with Crippen molar-refractivity contribution in [3.8, 4) is 0 Å². The molecule has 1 aromatic carbocycles. The predicted octanol–water partition coefficient (Wildman–Crippen LogP) is 3.56. The van der Waals surface area contributed by atoms with Crippen molar-refractivity contribution in [3.63, 3.8) is 0 Å². The van der Waals surface area contributed by atoms with Crippen LogP contribution in [-0.2, 0) is 0 Å². The molecular formula is C16H22N2S. The molecule has 1 aliphatic rings. The predicted molar refractivity (Wildman–Crippen MR) is 87.0 cm³/mol. The third kappa shape index (κ3) is 3.48. The van der Waals surface area contributed by atoms with Crippen LogP contribution in [0.25, 0.3) is 5.57 Å². The van der Waals surface area contributed by atoms with E-state index in [0.717, 1.165) is 31.0 Å². The summed E-state index contributed by atoms with van der Waals surface area (Å²) in [4.78, 5) is 6.88. The maximum atomic E-state index is 4.49. The Bertz CT molecular complexity index is 467. The van der Waals surface area contributed by atoms with Gasteiger partial charge >= 0.3 is 0 Å². The van der Waals surface area contributed by atoms with Gasteiger partial charge < -0.3 is 4.90 Å². The molecule has 1 saturated heterocycles. The smallest absolute Gasteiger partial charge is 0.0976 e. The Kier molecular flexibility index (Phi) is 5.23. The number of benzene rings is 1. The van der Waals surface area contributed by atoms with Gasteiger partial charge in [-0.25, -0.2) is 0 Å². The summed E-state index contributed by atoms with van der Waals surface area (Å²) in [5.41, 5.74) is 4.22. The van der Waals surface area contributed by atoms with E-state index in [1.165, 1.54) is 11.1 Å². The van der Waals surface area contributed by atoms with Crippen molar-refractivity contribution in [2.24, 2.45) is 4.99 Å². The van der Waals surface area contributed by atoms with Crippen LogP contribution in [0.5, 0.6) is 0 Å². The number of piperidine rings is 1. The summed E-state index contributed by atoms with van der Waals surface area (Å²) in [6, 6.07) is 10.7. The minimum absolute atomic E-state index is 1.15. The average molecular weight is 274 g/mol. The zero-order valence-electron chi connectivity index (χ0n) is 12.0. The van der Waals surface area contributed by atoms with Crippen LogP contribution in [0.4, 0.5) is 0 Å². The van der Waals surface area contributed by atoms with Crippen molar-refractivity contribution in [3.05, 3.63) is 41.5 Å². The molecule has 1 heterocycles. The molecule has 1 fully saturated rings. The van der Waals surface area contributed by atoms with E-state index in [1.54, 1.807) is 17.3 Å². The number of thioether (sulfide) groups is 1. The lowest BCUT2D eigenvalue weighted by Gasteiger charge is -2.27. The minimum Gasteiger partial charge on any atom is -0.306 e. The quantitative estimate of drug-likeness (QED) is 0.605. The first-order valence-corrected chi connectivity index (χ1v) is 7.96. The van der Waals surface area contributed by atoms with Gasteiger partial charge in [0.1, 0.15) is 0 Å². The highest BCUT2D eigenvalue weighted by Crippen LogP contribution is 2.30. The molecule has 1 aromatic rings. The largest absolute Gasteiger partial charge is 0.306 e. The van der Waals surface area contributed by atoms with Crippen LogP contribution in [0.1, 0.15) is 18.4 Å². The Morgan fingerprint density at radius 3 is 2.32 bits per heavy atom. The molecule has 102 valence electrons. The number of hydrogen-bond acceptors (Lipinski definition) is 3. The van der Waals surface area contributed by atoms with E-state index < -0.39 is 0 Å². The first-order chi connectivity index (χ1) is 9.26. The molecule has 2 rings (SSSR count). The lowest BCUT2D eigenvalue weighted by atomic mass is 9.94. The summed E-state index contributed by atoms with van der Waals surface area (Å²) in [5, 5.41) is 1.16. The van der Waals surface area contributed by atoms with Crippen molar-refractivity contribution in [1.29, 1.82) is 0 Å². The average Bonchev–Trinajstić information content (AvgIpc) is 2.47. The fraction of sp³-hybridized carbons (Fsp3) is 0.438. The maximum Gasteiger partial charge on any atom is 0.0976 e. The Morgan fingerprint density at radius 1 is 1.16 bits per heavy atom. The van der Waals surface area contributed by atoms with E-state index in [2.05, 4.69) is 53.5 Å². The lowest BCUT2D eigenvalue weighted by Crippen LogP contribution is -2.27. The molecule has 0 radical (unpaired) electrons.